The van der Waals surface area contributed by atoms with Gasteiger partial charge < -0.3 is 5.32 Å². The first kappa shape index (κ1) is 18.9. The van der Waals surface area contributed by atoms with Crippen molar-refractivity contribution in [2.24, 2.45) is 0 Å². The molecule has 0 spiro atoms. The molecule has 0 aliphatic rings. The molecule has 0 aliphatic carbocycles. The summed E-state index contributed by atoms with van der Waals surface area (Å²) in [5.74, 6) is 1.02. The maximum Gasteiger partial charge on any atom is 0.224 e. The molecule has 2 aromatic heterocycles. The Morgan fingerprint density at radius 3 is 2.52 bits per heavy atom. The van der Waals surface area contributed by atoms with Crippen molar-refractivity contribution in [3.05, 3.63) is 89.9 Å². The number of nitrogens with zero attached hydrogens (tertiary/aromatic N) is 3. The van der Waals surface area contributed by atoms with Crippen molar-refractivity contribution in [2.45, 2.75) is 26.2 Å². The van der Waals surface area contributed by atoms with Crippen LogP contribution in [0, 0.1) is 0 Å². The molecule has 0 saturated carbocycles. The Morgan fingerprint density at radius 2 is 1.76 bits per heavy atom. The molecule has 0 bridgehead atoms. The van der Waals surface area contributed by atoms with Crippen LogP contribution in [0.4, 0.5) is 0 Å². The number of aryl methyl sites for hydroxylation is 1. The zero-order valence-electron chi connectivity index (χ0n) is 16.5. The molecule has 0 radical (unpaired) electrons. The summed E-state index contributed by atoms with van der Waals surface area (Å²) in [4.78, 5) is 21.4. The molecule has 2 aromatic carbocycles. The van der Waals surface area contributed by atoms with Gasteiger partial charge in [-0.05, 0) is 41.8 Å². The molecular formula is C24H24N4O. The van der Waals surface area contributed by atoms with Gasteiger partial charge >= 0.3 is 0 Å². The van der Waals surface area contributed by atoms with Gasteiger partial charge in [0.1, 0.15) is 11.3 Å². The number of hydrogen-bond acceptors (Lipinski definition) is 3. The normalized spacial score (nSPS) is 10.9. The molecule has 146 valence electrons. The summed E-state index contributed by atoms with van der Waals surface area (Å²) in [6.45, 7) is 2.74. The first-order chi connectivity index (χ1) is 14.2. The molecule has 29 heavy (non-hydrogen) atoms. The number of aromatic nitrogens is 3. The summed E-state index contributed by atoms with van der Waals surface area (Å²) in [6.07, 6.45) is 3.82. The lowest BCUT2D eigenvalue weighted by atomic mass is 10.1. The minimum atomic E-state index is 0.0395. The van der Waals surface area contributed by atoms with Crippen molar-refractivity contribution in [2.75, 3.05) is 6.54 Å². The van der Waals surface area contributed by atoms with Crippen LogP contribution >= 0.6 is 0 Å². The van der Waals surface area contributed by atoms with E-state index >= 15 is 0 Å². The number of amides is 1. The maximum absolute atomic E-state index is 12.3. The van der Waals surface area contributed by atoms with Crippen molar-refractivity contribution in [3.8, 4) is 5.69 Å². The van der Waals surface area contributed by atoms with E-state index in [4.69, 9.17) is 0 Å². The lowest BCUT2D eigenvalue weighted by molar-refractivity contribution is -0.120. The van der Waals surface area contributed by atoms with Crippen LogP contribution in [0.15, 0.2) is 72.9 Å². The standard InChI is InChI=1S/C24H24N4O/c1-2-22-27-21-9-6-15-26-24(21)28(22)20-12-10-19(11-13-20)17-23(29)25-16-14-18-7-4-3-5-8-18/h3-13,15H,2,14,16-17H2,1H3,(H,25,29). The van der Waals surface area contributed by atoms with Crippen molar-refractivity contribution in [1.82, 2.24) is 19.9 Å². The fraction of sp³-hybridized carbons (Fsp3) is 0.208. The minimum absolute atomic E-state index is 0.0395. The van der Waals surface area contributed by atoms with Crippen LogP contribution < -0.4 is 5.32 Å². The quantitative estimate of drug-likeness (QED) is 0.526. The van der Waals surface area contributed by atoms with E-state index in [0.717, 1.165) is 41.1 Å². The number of rotatable bonds is 7. The van der Waals surface area contributed by atoms with E-state index in [1.54, 1.807) is 6.20 Å². The average Bonchev–Trinajstić information content (AvgIpc) is 3.14. The predicted molar refractivity (Wildman–Crippen MR) is 115 cm³/mol. The Labute approximate surface area is 170 Å². The molecule has 2 heterocycles. The Balaban J connectivity index is 1.41. The monoisotopic (exact) mass is 384 g/mol. The number of carbonyl (C=O) groups excluding carboxylic acids is 1. The molecule has 5 heteroatoms. The molecular weight excluding hydrogens is 360 g/mol. The first-order valence-electron chi connectivity index (χ1n) is 9.97. The van der Waals surface area contributed by atoms with Gasteiger partial charge in [-0.1, -0.05) is 49.4 Å². The van der Waals surface area contributed by atoms with Gasteiger partial charge in [-0.3, -0.25) is 9.36 Å². The highest BCUT2D eigenvalue weighted by atomic mass is 16.1. The molecule has 4 rings (SSSR count). The Morgan fingerprint density at radius 1 is 0.966 bits per heavy atom. The van der Waals surface area contributed by atoms with E-state index in [9.17, 15) is 4.79 Å². The molecule has 1 N–H and O–H groups in total. The lowest BCUT2D eigenvalue weighted by Crippen LogP contribution is -2.27. The molecule has 4 aromatic rings. The van der Waals surface area contributed by atoms with Gasteiger partial charge in [0.25, 0.3) is 0 Å². The van der Waals surface area contributed by atoms with E-state index in [2.05, 4.69) is 38.9 Å². The van der Waals surface area contributed by atoms with Gasteiger partial charge in [-0.2, -0.15) is 0 Å². The second-order valence-corrected chi connectivity index (χ2v) is 6.99. The minimum Gasteiger partial charge on any atom is -0.355 e. The van der Waals surface area contributed by atoms with Crippen molar-refractivity contribution in [1.29, 1.82) is 0 Å². The highest BCUT2D eigenvalue weighted by molar-refractivity contribution is 5.78. The van der Waals surface area contributed by atoms with Gasteiger partial charge in [-0.25, -0.2) is 9.97 Å². The van der Waals surface area contributed by atoms with Crippen LogP contribution in [0.5, 0.6) is 0 Å². The molecule has 0 fully saturated rings. The van der Waals surface area contributed by atoms with Gasteiger partial charge in [-0.15, -0.1) is 0 Å². The third-order valence-corrected chi connectivity index (χ3v) is 4.94. The number of carbonyl (C=O) groups is 1. The van der Waals surface area contributed by atoms with Crippen molar-refractivity contribution >= 4 is 17.1 Å². The van der Waals surface area contributed by atoms with Gasteiger partial charge in [0.05, 0.1) is 6.42 Å². The summed E-state index contributed by atoms with van der Waals surface area (Å²) < 4.78 is 2.08. The van der Waals surface area contributed by atoms with Crippen LogP contribution in [0.2, 0.25) is 0 Å². The molecule has 0 unspecified atom stereocenters. The van der Waals surface area contributed by atoms with E-state index in [1.807, 2.05) is 54.6 Å². The Kier molecular flexibility index (Phi) is 5.66. The fourth-order valence-corrected chi connectivity index (χ4v) is 3.47. The average molecular weight is 384 g/mol. The second kappa shape index (κ2) is 8.69. The molecule has 0 atom stereocenters. The number of fused-ring (bicyclic) bond motifs is 1. The van der Waals surface area contributed by atoms with E-state index < -0.39 is 0 Å². The van der Waals surface area contributed by atoms with Gasteiger partial charge in [0, 0.05) is 24.8 Å². The van der Waals surface area contributed by atoms with Crippen LogP contribution in [-0.4, -0.2) is 27.0 Å². The largest absolute Gasteiger partial charge is 0.355 e. The Bertz CT molecular complexity index is 1100. The van der Waals surface area contributed by atoms with Crippen molar-refractivity contribution < 1.29 is 4.79 Å². The number of nitrogens with one attached hydrogen (secondary N) is 1. The second-order valence-electron chi connectivity index (χ2n) is 6.99. The number of hydrogen-bond donors (Lipinski definition) is 1. The summed E-state index contributed by atoms with van der Waals surface area (Å²) in [5, 5.41) is 3.00. The zero-order chi connectivity index (χ0) is 20.1. The highest BCUT2D eigenvalue weighted by Gasteiger charge is 2.12. The zero-order valence-corrected chi connectivity index (χ0v) is 16.5. The predicted octanol–water partition coefficient (Wildman–Crippen LogP) is 3.88. The third-order valence-electron chi connectivity index (χ3n) is 4.94. The summed E-state index contributed by atoms with van der Waals surface area (Å²) in [7, 11) is 0. The number of pyridine rings is 1. The van der Waals surface area contributed by atoms with Gasteiger partial charge in [0.2, 0.25) is 5.91 Å². The number of benzene rings is 2. The summed E-state index contributed by atoms with van der Waals surface area (Å²) >= 11 is 0. The lowest BCUT2D eigenvalue weighted by Gasteiger charge is -2.09. The summed E-state index contributed by atoms with van der Waals surface area (Å²) in [5.41, 5.74) is 4.98. The van der Waals surface area contributed by atoms with E-state index in [1.165, 1.54) is 5.56 Å². The Hall–Kier alpha value is -3.47. The fourth-order valence-electron chi connectivity index (χ4n) is 3.47. The SMILES string of the molecule is CCc1nc2cccnc2n1-c1ccc(CC(=O)NCCc2ccccc2)cc1. The topological polar surface area (TPSA) is 59.8 Å². The van der Waals surface area contributed by atoms with E-state index in [0.29, 0.717) is 13.0 Å². The first-order valence-corrected chi connectivity index (χ1v) is 9.97. The van der Waals surface area contributed by atoms with Crippen LogP contribution in [0.25, 0.3) is 16.9 Å². The van der Waals surface area contributed by atoms with Crippen molar-refractivity contribution in [3.63, 3.8) is 0 Å². The molecule has 5 nitrogen and oxygen atoms in total. The smallest absolute Gasteiger partial charge is 0.224 e. The highest BCUT2D eigenvalue weighted by Crippen LogP contribution is 2.20. The molecule has 0 aliphatic heterocycles. The van der Waals surface area contributed by atoms with Crippen LogP contribution in [0.1, 0.15) is 23.9 Å². The maximum atomic E-state index is 12.3. The third kappa shape index (κ3) is 4.35. The van der Waals surface area contributed by atoms with E-state index in [-0.39, 0.29) is 5.91 Å². The molecule has 0 saturated heterocycles. The molecule has 1 amide bonds. The van der Waals surface area contributed by atoms with Crippen LogP contribution in [-0.2, 0) is 24.1 Å². The summed E-state index contributed by atoms with van der Waals surface area (Å²) in [6, 6.07) is 22.1. The number of imidazole rings is 1. The van der Waals surface area contributed by atoms with Crippen LogP contribution in [0.3, 0.4) is 0 Å². The van der Waals surface area contributed by atoms with Gasteiger partial charge in [0.15, 0.2) is 5.65 Å².